The number of piperidine rings is 1. The molecule has 1 atom stereocenters. The van der Waals surface area contributed by atoms with E-state index >= 15 is 0 Å². The summed E-state index contributed by atoms with van der Waals surface area (Å²) in [7, 11) is 0. The van der Waals surface area contributed by atoms with Crippen molar-refractivity contribution in [3.63, 3.8) is 0 Å². The number of hydrogen-bond acceptors (Lipinski definition) is 5. The average molecular weight is 477 g/mol. The summed E-state index contributed by atoms with van der Waals surface area (Å²) in [5.41, 5.74) is 0. The van der Waals surface area contributed by atoms with Crippen LogP contribution in [0.1, 0.15) is 63.6 Å². The van der Waals surface area contributed by atoms with Crippen LogP contribution in [0.3, 0.4) is 0 Å². The zero-order valence-corrected chi connectivity index (χ0v) is 18.3. The Bertz CT molecular complexity index is 562. The van der Waals surface area contributed by atoms with E-state index in [0.29, 0.717) is 24.3 Å². The quantitative estimate of drug-likeness (QED) is 0.268. The first-order valence-electron chi connectivity index (χ1n) is 9.69. The summed E-state index contributed by atoms with van der Waals surface area (Å²) in [4.78, 5) is 11.6. The van der Waals surface area contributed by atoms with Gasteiger partial charge < -0.3 is 19.5 Å². The van der Waals surface area contributed by atoms with Crippen molar-refractivity contribution in [2.45, 2.75) is 58.4 Å². The lowest BCUT2D eigenvalue weighted by Gasteiger charge is -2.33. The predicted molar refractivity (Wildman–Crippen MR) is 112 cm³/mol. The second kappa shape index (κ2) is 11.1. The van der Waals surface area contributed by atoms with Crippen molar-refractivity contribution in [1.82, 2.24) is 20.4 Å². The van der Waals surface area contributed by atoms with E-state index in [0.717, 1.165) is 51.1 Å². The lowest BCUT2D eigenvalue weighted by molar-refractivity contribution is 0.145. The molecule has 1 aliphatic heterocycles. The summed E-state index contributed by atoms with van der Waals surface area (Å²) in [5, 5.41) is 7.56. The molecule has 2 heterocycles. The maximum absolute atomic E-state index is 5.41. The van der Waals surface area contributed by atoms with E-state index in [1.807, 2.05) is 6.92 Å². The van der Waals surface area contributed by atoms with Gasteiger partial charge in [0.05, 0.1) is 0 Å². The summed E-state index contributed by atoms with van der Waals surface area (Å²) >= 11 is 0. The number of guanidine groups is 1. The van der Waals surface area contributed by atoms with Crippen LogP contribution in [0.4, 0.5) is 0 Å². The number of halogens is 1. The Hall–Kier alpha value is -0.900. The highest BCUT2D eigenvalue weighted by molar-refractivity contribution is 14.0. The molecule has 148 valence electrons. The van der Waals surface area contributed by atoms with Gasteiger partial charge in [-0.1, -0.05) is 12.1 Å². The maximum atomic E-state index is 5.41. The zero-order chi connectivity index (χ0) is 17.5. The van der Waals surface area contributed by atoms with Crippen LogP contribution in [0.25, 0.3) is 0 Å². The third-order valence-corrected chi connectivity index (χ3v) is 4.70. The molecule has 1 aromatic heterocycles. The molecule has 2 fully saturated rings. The minimum atomic E-state index is 0. The van der Waals surface area contributed by atoms with Gasteiger partial charge in [0.1, 0.15) is 6.54 Å². The van der Waals surface area contributed by atoms with Crippen LogP contribution < -0.4 is 5.32 Å². The maximum Gasteiger partial charge on any atom is 0.248 e. The molecule has 0 bridgehead atoms. The lowest BCUT2D eigenvalue weighted by Crippen LogP contribution is -2.46. The molecule has 1 aromatic rings. The largest absolute Gasteiger partial charge is 0.382 e. The highest BCUT2D eigenvalue weighted by Gasteiger charge is 2.28. The molecule has 1 saturated carbocycles. The van der Waals surface area contributed by atoms with E-state index in [4.69, 9.17) is 14.3 Å². The molecule has 1 aliphatic carbocycles. The lowest BCUT2D eigenvalue weighted by atomic mass is 10.0. The molecule has 0 radical (unpaired) electrons. The summed E-state index contributed by atoms with van der Waals surface area (Å²) in [6.45, 7) is 9.29. The molecule has 3 rings (SSSR count). The van der Waals surface area contributed by atoms with E-state index < -0.39 is 0 Å². The van der Waals surface area contributed by atoms with E-state index in [1.54, 1.807) is 0 Å². The average Bonchev–Trinajstić information content (AvgIpc) is 3.36. The van der Waals surface area contributed by atoms with Crippen molar-refractivity contribution in [3.05, 3.63) is 11.7 Å². The highest BCUT2D eigenvalue weighted by atomic mass is 127. The van der Waals surface area contributed by atoms with Gasteiger partial charge in [0.25, 0.3) is 0 Å². The Kier molecular flexibility index (Phi) is 9.10. The highest BCUT2D eigenvalue weighted by Crippen LogP contribution is 2.38. The van der Waals surface area contributed by atoms with Crippen LogP contribution in [0.15, 0.2) is 9.52 Å². The van der Waals surface area contributed by atoms with Crippen LogP contribution in [-0.4, -0.2) is 53.8 Å². The summed E-state index contributed by atoms with van der Waals surface area (Å²) in [5.74, 6) is 3.63. The number of nitrogens with zero attached hydrogens (tertiary/aromatic N) is 4. The molecule has 1 N–H and O–H groups in total. The Morgan fingerprint density at radius 2 is 2.23 bits per heavy atom. The third kappa shape index (κ3) is 6.68. The van der Waals surface area contributed by atoms with Gasteiger partial charge >= 0.3 is 0 Å². The van der Waals surface area contributed by atoms with Gasteiger partial charge in [-0.05, 0) is 44.9 Å². The minimum absolute atomic E-state index is 0. The first-order chi connectivity index (χ1) is 12.3. The molecule has 1 unspecified atom stereocenters. The van der Waals surface area contributed by atoms with Crippen LogP contribution in [-0.2, 0) is 11.3 Å². The van der Waals surface area contributed by atoms with Gasteiger partial charge in [-0.3, -0.25) is 0 Å². The SMILES string of the molecule is CCOCCCNC(=NCc1nc(C2CC2)no1)N1CCCC(C)C1.I. The number of likely N-dealkylation sites (tertiary alicyclic amines) is 1. The monoisotopic (exact) mass is 477 g/mol. The fourth-order valence-corrected chi connectivity index (χ4v) is 3.15. The standard InChI is InChI=1S/C18H31N5O2.HI/c1-3-24-11-5-9-19-18(23-10-4-6-14(2)13-23)20-12-16-21-17(22-25-16)15-7-8-15;/h14-15H,3-13H2,1-2H3,(H,19,20);1H. The number of ether oxygens (including phenoxy) is 1. The van der Waals surface area contributed by atoms with Gasteiger partial charge in [0.15, 0.2) is 11.8 Å². The molecule has 0 spiro atoms. The zero-order valence-electron chi connectivity index (χ0n) is 15.9. The van der Waals surface area contributed by atoms with Gasteiger partial charge in [-0.15, -0.1) is 24.0 Å². The second-order valence-electron chi connectivity index (χ2n) is 7.13. The summed E-state index contributed by atoms with van der Waals surface area (Å²) in [6, 6.07) is 0. The number of nitrogens with one attached hydrogen (secondary N) is 1. The van der Waals surface area contributed by atoms with Gasteiger partial charge in [0.2, 0.25) is 5.89 Å². The van der Waals surface area contributed by atoms with Crippen LogP contribution in [0, 0.1) is 5.92 Å². The first-order valence-corrected chi connectivity index (χ1v) is 9.69. The molecule has 0 aromatic carbocycles. The number of rotatable bonds is 8. The molecule has 2 aliphatic rings. The molecule has 8 heteroatoms. The van der Waals surface area contributed by atoms with Crippen molar-refractivity contribution in [3.8, 4) is 0 Å². The van der Waals surface area contributed by atoms with Crippen LogP contribution in [0.5, 0.6) is 0 Å². The first kappa shape index (κ1) is 21.4. The van der Waals surface area contributed by atoms with E-state index in [9.17, 15) is 0 Å². The van der Waals surface area contributed by atoms with Crippen molar-refractivity contribution in [2.24, 2.45) is 10.9 Å². The Labute approximate surface area is 173 Å². The van der Waals surface area contributed by atoms with Gasteiger partial charge in [-0.2, -0.15) is 4.98 Å². The van der Waals surface area contributed by atoms with Crippen molar-refractivity contribution in [1.29, 1.82) is 0 Å². The fraction of sp³-hybridized carbons (Fsp3) is 0.833. The molecule has 26 heavy (non-hydrogen) atoms. The molecular formula is C18H32IN5O2. The van der Waals surface area contributed by atoms with Crippen molar-refractivity contribution < 1.29 is 9.26 Å². The van der Waals surface area contributed by atoms with E-state index in [2.05, 4.69) is 27.3 Å². The third-order valence-electron chi connectivity index (χ3n) is 4.70. The Morgan fingerprint density at radius 1 is 1.38 bits per heavy atom. The van der Waals surface area contributed by atoms with Crippen LogP contribution >= 0.6 is 24.0 Å². The fourth-order valence-electron chi connectivity index (χ4n) is 3.15. The number of hydrogen-bond donors (Lipinski definition) is 1. The Balaban J connectivity index is 0.00000243. The topological polar surface area (TPSA) is 75.8 Å². The van der Waals surface area contributed by atoms with E-state index in [1.165, 1.54) is 25.7 Å². The van der Waals surface area contributed by atoms with Crippen molar-refractivity contribution in [2.75, 3.05) is 32.8 Å². The number of aliphatic imine (C=N–C) groups is 1. The Morgan fingerprint density at radius 3 is 2.96 bits per heavy atom. The molecular weight excluding hydrogens is 445 g/mol. The summed E-state index contributed by atoms with van der Waals surface area (Å²) in [6.07, 6.45) is 5.85. The normalized spacial score (nSPS) is 20.8. The van der Waals surface area contributed by atoms with Crippen LogP contribution in [0.2, 0.25) is 0 Å². The number of aromatic nitrogens is 2. The summed E-state index contributed by atoms with van der Waals surface area (Å²) < 4.78 is 10.8. The second-order valence-corrected chi connectivity index (χ2v) is 7.13. The molecule has 0 amide bonds. The molecule has 7 nitrogen and oxygen atoms in total. The van der Waals surface area contributed by atoms with Gasteiger partial charge in [0, 0.05) is 38.8 Å². The van der Waals surface area contributed by atoms with E-state index in [-0.39, 0.29) is 24.0 Å². The van der Waals surface area contributed by atoms with Gasteiger partial charge in [-0.25, -0.2) is 4.99 Å². The molecule has 1 saturated heterocycles. The predicted octanol–water partition coefficient (Wildman–Crippen LogP) is 3.17. The smallest absolute Gasteiger partial charge is 0.248 e. The van der Waals surface area contributed by atoms with Crippen molar-refractivity contribution >= 4 is 29.9 Å². The minimum Gasteiger partial charge on any atom is -0.382 e.